The molecular formula is C40H51N3O2. The van der Waals surface area contributed by atoms with Crippen molar-refractivity contribution in [2.24, 2.45) is 0 Å². The third kappa shape index (κ3) is 7.65. The molecule has 238 valence electrons. The summed E-state index contributed by atoms with van der Waals surface area (Å²) in [5, 5.41) is 2.01. The van der Waals surface area contributed by atoms with E-state index in [2.05, 4.69) is 122 Å². The summed E-state index contributed by atoms with van der Waals surface area (Å²) in [4.78, 5) is 35.0. The van der Waals surface area contributed by atoms with Gasteiger partial charge >= 0.3 is 0 Å². The van der Waals surface area contributed by atoms with E-state index in [1.807, 2.05) is 46.2 Å². The molecule has 1 atom stereocenters. The van der Waals surface area contributed by atoms with Gasteiger partial charge in [-0.1, -0.05) is 84.9 Å². The van der Waals surface area contributed by atoms with Crippen LogP contribution in [0, 0.1) is 0 Å². The maximum Gasteiger partial charge on any atom is 0.255 e. The Balaban J connectivity index is 1.91. The second kappa shape index (κ2) is 14.9. The summed E-state index contributed by atoms with van der Waals surface area (Å²) >= 11 is 0. The molecule has 0 N–H and O–H groups in total. The highest BCUT2D eigenvalue weighted by molar-refractivity contribution is 6.08. The number of likely N-dealkylation sites (N-methyl/N-ethyl adjacent to an activating group) is 1. The Bertz CT molecular complexity index is 1580. The van der Waals surface area contributed by atoms with Crippen molar-refractivity contribution >= 4 is 22.6 Å². The standard InChI is InChI=1S/C40H51N3O2/c1-27(2)42(28(3)4)39(44)36-22-16-15-21-35(36)37(41(9)26-31-17-11-10-12-18-31)25-33-24-23-32-19-13-14-20-34(32)38(33)40(45)43(29(5)6)30(7)8/h10-24,27-30,37H,25-26H2,1-9H3/t37-/m0/s1. The van der Waals surface area contributed by atoms with E-state index in [0.717, 1.165) is 27.5 Å². The number of hydrogen-bond acceptors (Lipinski definition) is 3. The van der Waals surface area contributed by atoms with E-state index < -0.39 is 0 Å². The number of amides is 2. The molecule has 4 aromatic rings. The van der Waals surface area contributed by atoms with Crippen molar-refractivity contribution in [2.75, 3.05) is 7.05 Å². The minimum absolute atomic E-state index is 0.0364. The lowest BCUT2D eigenvalue weighted by Gasteiger charge is -2.35. The lowest BCUT2D eigenvalue weighted by atomic mass is 9.88. The highest BCUT2D eigenvalue weighted by Gasteiger charge is 2.31. The van der Waals surface area contributed by atoms with Crippen LogP contribution in [-0.2, 0) is 13.0 Å². The van der Waals surface area contributed by atoms with Crippen molar-refractivity contribution in [1.82, 2.24) is 14.7 Å². The number of carbonyl (C=O) groups excluding carboxylic acids is 2. The van der Waals surface area contributed by atoms with Crippen LogP contribution in [-0.4, -0.2) is 57.7 Å². The summed E-state index contributed by atoms with van der Waals surface area (Å²) in [6, 6.07) is 31.0. The molecule has 0 aliphatic carbocycles. The Morgan fingerprint density at radius 3 is 1.76 bits per heavy atom. The second-order valence-electron chi connectivity index (χ2n) is 13.3. The summed E-state index contributed by atoms with van der Waals surface area (Å²) in [6.45, 7) is 17.3. The molecule has 0 heterocycles. The monoisotopic (exact) mass is 605 g/mol. The Kier molecular flexibility index (Phi) is 11.2. The number of hydrogen-bond donors (Lipinski definition) is 0. The summed E-state index contributed by atoms with van der Waals surface area (Å²) < 4.78 is 0. The average molecular weight is 606 g/mol. The van der Waals surface area contributed by atoms with Gasteiger partial charge in [0.15, 0.2) is 0 Å². The summed E-state index contributed by atoms with van der Waals surface area (Å²) in [6.07, 6.45) is 0.576. The van der Waals surface area contributed by atoms with E-state index in [1.54, 1.807) is 0 Å². The van der Waals surface area contributed by atoms with Gasteiger partial charge in [-0.2, -0.15) is 0 Å². The fourth-order valence-electron chi connectivity index (χ4n) is 6.81. The number of benzene rings is 4. The van der Waals surface area contributed by atoms with Gasteiger partial charge in [0.1, 0.15) is 0 Å². The number of rotatable bonds is 12. The molecule has 0 saturated heterocycles. The predicted octanol–water partition coefficient (Wildman–Crippen LogP) is 8.77. The van der Waals surface area contributed by atoms with Gasteiger partial charge in [0, 0.05) is 42.3 Å². The first kappa shape index (κ1) is 33.9. The van der Waals surface area contributed by atoms with E-state index in [4.69, 9.17) is 0 Å². The van der Waals surface area contributed by atoms with Crippen LogP contribution in [0.5, 0.6) is 0 Å². The van der Waals surface area contributed by atoms with Crippen molar-refractivity contribution in [3.05, 3.63) is 119 Å². The minimum atomic E-state index is -0.161. The van der Waals surface area contributed by atoms with Gasteiger partial charge in [-0.15, -0.1) is 0 Å². The van der Waals surface area contributed by atoms with Crippen LogP contribution < -0.4 is 0 Å². The fourth-order valence-corrected chi connectivity index (χ4v) is 6.81. The maximum atomic E-state index is 14.5. The third-order valence-electron chi connectivity index (χ3n) is 8.69. The van der Waals surface area contributed by atoms with Crippen LogP contribution in [0.1, 0.15) is 98.8 Å². The largest absolute Gasteiger partial charge is 0.334 e. The zero-order valence-electron chi connectivity index (χ0n) is 28.6. The lowest BCUT2D eigenvalue weighted by Crippen LogP contribution is -2.43. The molecule has 4 aromatic carbocycles. The van der Waals surface area contributed by atoms with Gasteiger partial charge in [-0.05, 0) is 102 Å². The van der Waals surface area contributed by atoms with Crippen molar-refractivity contribution in [3.8, 4) is 0 Å². The summed E-state index contributed by atoms with van der Waals surface area (Å²) in [5.41, 5.74) is 4.62. The molecule has 45 heavy (non-hydrogen) atoms. The molecule has 0 spiro atoms. The van der Waals surface area contributed by atoms with Crippen LogP contribution in [0.3, 0.4) is 0 Å². The van der Waals surface area contributed by atoms with E-state index >= 15 is 0 Å². The molecule has 5 nitrogen and oxygen atoms in total. The zero-order valence-corrected chi connectivity index (χ0v) is 28.6. The van der Waals surface area contributed by atoms with Gasteiger partial charge in [-0.3, -0.25) is 14.5 Å². The van der Waals surface area contributed by atoms with Crippen LogP contribution in [0.4, 0.5) is 0 Å². The smallest absolute Gasteiger partial charge is 0.255 e. The second-order valence-corrected chi connectivity index (χ2v) is 13.3. The molecule has 0 fully saturated rings. The third-order valence-corrected chi connectivity index (χ3v) is 8.69. The molecule has 0 radical (unpaired) electrons. The van der Waals surface area contributed by atoms with Gasteiger partial charge in [-0.25, -0.2) is 0 Å². The first-order chi connectivity index (χ1) is 21.4. The first-order valence-electron chi connectivity index (χ1n) is 16.4. The Morgan fingerprint density at radius 2 is 1.13 bits per heavy atom. The van der Waals surface area contributed by atoms with Crippen LogP contribution in [0.2, 0.25) is 0 Å². The molecule has 5 heteroatoms. The molecular weight excluding hydrogens is 554 g/mol. The topological polar surface area (TPSA) is 43.9 Å². The molecule has 0 aromatic heterocycles. The van der Waals surface area contributed by atoms with E-state index in [1.165, 1.54) is 5.56 Å². The molecule has 0 aliphatic rings. The van der Waals surface area contributed by atoms with Crippen molar-refractivity contribution in [2.45, 2.75) is 98.6 Å². The van der Waals surface area contributed by atoms with Gasteiger partial charge < -0.3 is 9.80 Å². The molecule has 0 unspecified atom stereocenters. The summed E-state index contributed by atoms with van der Waals surface area (Å²) in [5.74, 6) is 0.0840. The Hall–Kier alpha value is -3.96. The van der Waals surface area contributed by atoms with Gasteiger partial charge in [0.25, 0.3) is 11.8 Å². The predicted molar refractivity (Wildman–Crippen MR) is 188 cm³/mol. The fraction of sp³-hybridized carbons (Fsp3) is 0.400. The minimum Gasteiger partial charge on any atom is -0.334 e. The van der Waals surface area contributed by atoms with Crippen molar-refractivity contribution in [3.63, 3.8) is 0 Å². The SMILES string of the molecule is CC(C)N(C(=O)c1ccccc1[C@H](Cc1ccc2ccccc2c1C(=O)N(C(C)C)C(C)C)N(C)Cc1ccccc1)C(C)C. The quantitative estimate of drug-likeness (QED) is 0.162. The van der Waals surface area contributed by atoms with Crippen LogP contribution in [0.25, 0.3) is 10.8 Å². The molecule has 0 aliphatic heterocycles. The molecule has 4 rings (SSSR count). The van der Waals surface area contributed by atoms with Crippen LogP contribution >= 0.6 is 0 Å². The van der Waals surface area contributed by atoms with Gasteiger partial charge in [0.2, 0.25) is 0 Å². The first-order valence-corrected chi connectivity index (χ1v) is 16.4. The Labute approximate surface area is 270 Å². The van der Waals surface area contributed by atoms with E-state index in [0.29, 0.717) is 18.5 Å². The number of fused-ring (bicyclic) bond motifs is 1. The van der Waals surface area contributed by atoms with E-state index in [-0.39, 0.29) is 42.0 Å². The molecule has 0 saturated carbocycles. The summed E-state index contributed by atoms with van der Waals surface area (Å²) in [7, 11) is 2.12. The lowest BCUT2D eigenvalue weighted by molar-refractivity contribution is 0.0630. The number of carbonyl (C=O) groups is 2. The normalized spacial score (nSPS) is 12.5. The van der Waals surface area contributed by atoms with Gasteiger partial charge in [0.05, 0.1) is 5.56 Å². The molecule has 0 bridgehead atoms. The Morgan fingerprint density at radius 1 is 0.600 bits per heavy atom. The van der Waals surface area contributed by atoms with Crippen molar-refractivity contribution < 1.29 is 9.59 Å². The highest BCUT2D eigenvalue weighted by Crippen LogP contribution is 2.34. The zero-order chi connectivity index (χ0) is 32.8. The van der Waals surface area contributed by atoms with Crippen LogP contribution in [0.15, 0.2) is 91.0 Å². The highest BCUT2D eigenvalue weighted by atomic mass is 16.2. The number of nitrogens with zero attached hydrogens (tertiary/aromatic N) is 3. The van der Waals surface area contributed by atoms with Crippen molar-refractivity contribution in [1.29, 1.82) is 0 Å². The average Bonchev–Trinajstić information content (AvgIpc) is 2.99. The maximum absolute atomic E-state index is 14.5. The molecule has 2 amide bonds. The van der Waals surface area contributed by atoms with E-state index in [9.17, 15) is 9.59 Å².